The number of carbonyl (C=O) groups is 1. The molecule has 0 aromatic heterocycles. The Hall–Kier alpha value is -2.49. The van der Waals surface area contributed by atoms with Gasteiger partial charge in [-0.1, -0.05) is 24.3 Å². The summed E-state index contributed by atoms with van der Waals surface area (Å²) in [5.74, 6) is 1.47. The average Bonchev–Trinajstić information content (AvgIpc) is 2.56. The van der Waals surface area contributed by atoms with Crippen molar-refractivity contribution in [3.63, 3.8) is 0 Å². The van der Waals surface area contributed by atoms with Gasteiger partial charge < -0.3 is 14.8 Å². The van der Waals surface area contributed by atoms with E-state index in [1.54, 1.807) is 12.1 Å². The average molecular weight is 297 g/mol. The Morgan fingerprint density at radius 1 is 1.27 bits per heavy atom. The fourth-order valence-corrected chi connectivity index (χ4v) is 2.63. The maximum atomic E-state index is 12.5. The SMILES string of the molecule is CCOc1cccc(C(=O)N[C@H]2CCOc3ccccc32)c1. The highest BCUT2D eigenvalue weighted by atomic mass is 16.5. The molecule has 0 aliphatic carbocycles. The molecule has 4 heteroatoms. The van der Waals surface area contributed by atoms with Crippen molar-refractivity contribution in [2.75, 3.05) is 13.2 Å². The molecule has 0 fully saturated rings. The number of hydrogen-bond donors (Lipinski definition) is 1. The van der Waals surface area contributed by atoms with Gasteiger partial charge in [0.15, 0.2) is 0 Å². The highest BCUT2D eigenvalue weighted by Gasteiger charge is 2.23. The number of fused-ring (bicyclic) bond motifs is 1. The molecule has 0 radical (unpaired) electrons. The number of hydrogen-bond acceptors (Lipinski definition) is 3. The highest BCUT2D eigenvalue weighted by molar-refractivity contribution is 5.94. The molecule has 0 saturated heterocycles. The van der Waals surface area contributed by atoms with Crippen LogP contribution in [-0.4, -0.2) is 19.1 Å². The summed E-state index contributed by atoms with van der Waals surface area (Å²) in [6, 6.07) is 15.1. The molecule has 4 nitrogen and oxygen atoms in total. The lowest BCUT2D eigenvalue weighted by molar-refractivity contribution is 0.0924. The van der Waals surface area contributed by atoms with Crippen molar-refractivity contribution < 1.29 is 14.3 Å². The van der Waals surface area contributed by atoms with Gasteiger partial charge in [0.2, 0.25) is 0 Å². The van der Waals surface area contributed by atoms with E-state index in [1.165, 1.54) is 0 Å². The molecule has 2 aromatic carbocycles. The van der Waals surface area contributed by atoms with E-state index in [2.05, 4.69) is 5.32 Å². The summed E-state index contributed by atoms with van der Waals surface area (Å²) in [6.45, 7) is 3.12. The van der Waals surface area contributed by atoms with Crippen molar-refractivity contribution in [2.24, 2.45) is 0 Å². The normalized spacial score (nSPS) is 16.3. The van der Waals surface area contributed by atoms with E-state index in [-0.39, 0.29) is 11.9 Å². The zero-order chi connectivity index (χ0) is 15.4. The zero-order valence-corrected chi connectivity index (χ0v) is 12.5. The third-order valence-electron chi connectivity index (χ3n) is 3.67. The Kier molecular flexibility index (Phi) is 4.28. The van der Waals surface area contributed by atoms with E-state index >= 15 is 0 Å². The Bertz CT molecular complexity index is 669. The van der Waals surface area contributed by atoms with Gasteiger partial charge in [0, 0.05) is 17.5 Å². The highest BCUT2D eigenvalue weighted by Crippen LogP contribution is 2.31. The summed E-state index contributed by atoms with van der Waals surface area (Å²) in [4.78, 5) is 12.5. The van der Waals surface area contributed by atoms with E-state index in [9.17, 15) is 4.79 Å². The molecule has 1 heterocycles. The Balaban J connectivity index is 1.76. The Labute approximate surface area is 130 Å². The quantitative estimate of drug-likeness (QED) is 0.941. The predicted octanol–water partition coefficient (Wildman–Crippen LogP) is 3.34. The number of amides is 1. The number of ether oxygens (including phenoxy) is 2. The molecule has 2 aromatic rings. The second-order valence-corrected chi connectivity index (χ2v) is 5.16. The van der Waals surface area contributed by atoms with Crippen LogP contribution in [0.2, 0.25) is 0 Å². The summed E-state index contributed by atoms with van der Waals surface area (Å²) < 4.78 is 11.1. The van der Waals surface area contributed by atoms with E-state index in [0.717, 1.165) is 17.7 Å². The zero-order valence-electron chi connectivity index (χ0n) is 12.5. The van der Waals surface area contributed by atoms with E-state index in [1.807, 2.05) is 43.3 Å². The molecule has 3 rings (SSSR count). The number of rotatable bonds is 4. The van der Waals surface area contributed by atoms with Crippen LogP contribution in [0.1, 0.15) is 35.3 Å². The van der Waals surface area contributed by atoms with Crippen LogP contribution in [0.15, 0.2) is 48.5 Å². The van der Waals surface area contributed by atoms with Crippen LogP contribution in [0.4, 0.5) is 0 Å². The molecular formula is C18H19NO3. The number of benzene rings is 2. The van der Waals surface area contributed by atoms with Crippen molar-refractivity contribution in [1.82, 2.24) is 5.32 Å². The molecule has 0 bridgehead atoms. The first-order valence-corrected chi connectivity index (χ1v) is 7.53. The third-order valence-corrected chi connectivity index (χ3v) is 3.67. The summed E-state index contributed by atoms with van der Waals surface area (Å²) in [6.07, 6.45) is 0.772. The third kappa shape index (κ3) is 3.06. The van der Waals surface area contributed by atoms with Gasteiger partial charge in [-0.3, -0.25) is 4.79 Å². The lowest BCUT2D eigenvalue weighted by Crippen LogP contribution is -2.32. The minimum absolute atomic E-state index is 0.0202. The lowest BCUT2D eigenvalue weighted by Gasteiger charge is -2.26. The van der Waals surface area contributed by atoms with Gasteiger partial charge in [-0.05, 0) is 31.2 Å². The van der Waals surface area contributed by atoms with Crippen molar-refractivity contribution in [1.29, 1.82) is 0 Å². The van der Waals surface area contributed by atoms with Gasteiger partial charge in [0.1, 0.15) is 11.5 Å². The standard InChI is InChI=1S/C18H19NO3/c1-2-21-14-7-5-6-13(12-14)18(20)19-16-10-11-22-17-9-4-3-8-15(16)17/h3-9,12,16H,2,10-11H2,1H3,(H,19,20)/t16-/m0/s1. The molecule has 1 amide bonds. The molecule has 0 spiro atoms. The summed E-state index contributed by atoms with van der Waals surface area (Å²) in [7, 11) is 0. The van der Waals surface area contributed by atoms with Crippen LogP contribution in [0, 0.1) is 0 Å². The summed E-state index contributed by atoms with van der Waals surface area (Å²) >= 11 is 0. The molecule has 1 atom stereocenters. The van der Waals surface area contributed by atoms with E-state index in [4.69, 9.17) is 9.47 Å². The second kappa shape index (κ2) is 6.52. The van der Waals surface area contributed by atoms with Gasteiger partial charge in [-0.2, -0.15) is 0 Å². The molecule has 1 aliphatic rings. The van der Waals surface area contributed by atoms with E-state index < -0.39 is 0 Å². The fourth-order valence-electron chi connectivity index (χ4n) is 2.63. The number of para-hydroxylation sites is 1. The van der Waals surface area contributed by atoms with E-state index in [0.29, 0.717) is 24.5 Å². The molecular weight excluding hydrogens is 278 g/mol. The Morgan fingerprint density at radius 3 is 3.00 bits per heavy atom. The monoisotopic (exact) mass is 297 g/mol. The number of nitrogens with one attached hydrogen (secondary N) is 1. The minimum atomic E-state index is -0.0942. The van der Waals surface area contributed by atoms with Crippen LogP contribution < -0.4 is 14.8 Å². The Morgan fingerprint density at radius 2 is 2.14 bits per heavy atom. The first-order valence-electron chi connectivity index (χ1n) is 7.53. The smallest absolute Gasteiger partial charge is 0.251 e. The fraction of sp³-hybridized carbons (Fsp3) is 0.278. The van der Waals surface area contributed by atoms with Gasteiger partial charge in [0.25, 0.3) is 5.91 Å². The van der Waals surface area contributed by atoms with Crippen LogP contribution in [0.5, 0.6) is 11.5 Å². The van der Waals surface area contributed by atoms with Crippen LogP contribution in [0.25, 0.3) is 0 Å². The second-order valence-electron chi connectivity index (χ2n) is 5.16. The van der Waals surface area contributed by atoms with Gasteiger partial charge in [0.05, 0.1) is 19.3 Å². The van der Waals surface area contributed by atoms with Gasteiger partial charge in [-0.25, -0.2) is 0 Å². The van der Waals surface area contributed by atoms with Crippen LogP contribution in [-0.2, 0) is 0 Å². The molecule has 0 unspecified atom stereocenters. The first-order chi connectivity index (χ1) is 10.8. The summed E-state index contributed by atoms with van der Waals surface area (Å²) in [5.41, 5.74) is 1.64. The van der Waals surface area contributed by atoms with Crippen LogP contribution in [0.3, 0.4) is 0 Å². The van der Waals surface area contributed by atoms with Gasteiger partial charge in [-0.15, -0.1) is 0 Å². The van der Waals surface area contributed by atoms with Crippen molar-refractivity contribution >= 4 is 5.91 Å². The molecule has 0 saturated carbocycles. The minimum Gasteiger partial charge on any atom is -0.494 e. The number of carbonyl (C=O) groups excluding carboxylic acids is 1. The van der Waals surface area contributed by atoms with Crippen LogP contribution >= 0.6 is 0 Å². The molecule has 1 N–H and O–H groups in total. The topological polar surface area (TPSA) is 47.6 Å². The largest absolute Gasteiger partial charge is 0.494 e. The van der Waals surface area contributed by atoms with Crippen molar-refractivity contribution in [3.8, 4) is 11.5 Å². The molecule has 1 aliphatic heterocycles. The predicted molar refractivity (Wildman–Crippen MR) is 84.4 cm³/mol. The first kappa shape index (κ1) is 14.4. The maximum Gasteiger partial charge on any atom is 0.251 e. The molecule has 114 valence electrons. The lowest BCUT2D eigenvalue weighted by atomic mass is 10.00. The molecule has 22 heavy (non-hydrogen) atoms. The van der Waals surface area contributed by atoms with Crippen molar-refractivity contribution in [2.45, 2.75) is 19.4 Å². The summed E-state index contributed by atoms with van der Waals surface area (Å²) in [5, 5.41) is 3.09. The van der Waals surface area contributed by atoms with Crippen molar-refractivity contribution in [3.05, 3.63) is 59.7 Å². The maximum absolute atomic E-state index is 12.5. The van der Waals surface area contributed by atoms with Gasteiger partial charge >= 0.3 is 0 Å².